The zero-order valence-electron chi connectivity index (χ0n) is 18.1. The molecule has 1 heterocycles. The molecule has 0 radical (unpaired) electrons. The van der Waals surface area contributed by atoms with Gasteiger partial charge in [0.1, 0.15) is 5.75 Å². The van der Waals surface area contributed by atoms with Gasteiger partial charge >= 0.3 is 0 Å². The third-order valence-electron chi connectivity index (χ3n) is 4.54. The number of aromatic nitrogens is 1. The number of pyridine rings is 1. The molecule has 8 nitrogen and oxygen atoms in total. The van der Waals surface area contributed by atoms with Crippen LogP contribution in [0.4, 0.5) is 0 Å². The summed E-state index contributed by atoms with van der Waals surface area (Å²) < 4.78 is 16.2. The van der Waals surface area contributed by atoms with Crippen LogP contribution >= 0.6 is 0 Å². The predicted molar refractivity (Wildman–Crippen MR) is 117 cm³/mol. The molecule has 0 aliphatic carbocycles. The van der Waals surface area contributed by atoms with Gasteiger partial charge in [-0.1, -0.05) is 0 Å². The summed E-state index contributed by atoms with van der Waals surface area (Å²) in [7, 11) is 3.07. The van der Waals surface area contributed by atoms with Crippen molar-refractivity contribution in [3.63, 3.8) is 0 Å². The number of nitrogens with zero attached hydrogens (tertiary/aromatic N) is 1. The molecular formula is C23H25N3O5. The van der Waals surface area contributed by atoms with Gasteiger partial charge in [-0.15, -0.1) is 0 Å². The Hall–Kier alpha value is -3.81. The molecule has 1 aromatic heterocycles. The van der Waals surface area contributed by atoms with Gasteiger partial charge in [0.05, 0.1) is 37.1 Å². The molecule has 3 rings (SSSR count). The monoisotopic (exact) mass is 423 g/mol. The molecule has 162 valence electrons. The number of rotatable bonds is 6. The lowest BCUT2D eigenvalue weighted by molar-refractivity contribution is 0.0846. The normalized spacial score (nSPS) is 10.6. The fourth-order valence-electron chi connectivity index (χ4n) is 3.02. The van der Waals surface area contributed by atoms with Gasteiger partial charge in [-0.3, -0.25) is 25.4 Å². The fourth-order valence-corrected chi connectivity index (χ4v) is 3.02. The van der Waals surface area contributed by atoms with E-state index in [2.05, 4.69) is 15.8 Å². The van der Waals surface area contributed by atoms with E-state index in [4.69, 9.17) is 14.2 Å². The van der Waals surface area contributed by atoms with E-state index in [9.17, 15) is 9.59 Å². The van der Waals surface area contributed by atoms with Gasteiger partial charge in [0, 0.05) is 10.9 Å². The molecule has 0 fully saturated rings. The number of nitrogens with one attached hydrogen (secondary N) is 2. The van der Waals surface area contributed by atoms with Gasteiger partial charge < -0.3 is 14.2 Å². The van der Waals surface area contributed by atoms with Crippen LogP contribution < -0.4 is 25.1 Å². The second-order valence-electron chi connectivity index (χ2n) is 7.12. The topological polar surface area (TPSA) is 98.8 Å². The molecular weight excluding hydrogens is 398 g/mol. The van der Waals surface area contributed by atoms with E-state index in [1.807, 2.05) is 19.9 Å². The highest BCUT2D eigenvalue weighted by Gasteiger charge is 2.16. The predicted octanol–water partition coefficient (Wildman–Crippen LogP) is 3.42. The lowest BCUT2D eigenvalue weighted by Crippen LogP contribution is -2.42. The Kier molecular flexibility index (Phi) is 6.59. The fraction of sp³-hybridized carbons (Fsp3) is 0.261. The van der Waals surface area contributed by atoms with Crippen molar-refractivity contribution in [2.24, 2.45) is 0 Å². The zero-order chi connectivity index (χ0) is 22.5. The SMILES string of the molecule is COc1ccc2nc(C)c(C(=O)NNC(=O)c3ccc(OC(C)C)c(OC)c3)cc2c1. The molecule has 31 heavy (non-hydrogen) atoms. The van der Waals surface area contributed by atoms with Crippen molar-refractivity contribution in [1.29, 1.82) is 0 Å². The zero-order valence-corrected chi connectivity index (χ0v) is 18.1. The Labute approximate surface area is 180 Å². The number of amides is 2. The number of benzene rings is 2. The van der Waals surface area contributed by atoms with Crippen LogP contribution in [0.1, 0.15) is 40.3 Å². The van der Waals surface area contributed by atoms with Gasteiger partial charge in [0.15, 0.2) is 11.5 Å². The molecule has 8 heteroatoms. The lowest BCUT2D eigenvalue weighted by atomic mass is 10.1. The van der Waals surface area contributed by atoms with Crippen molar-refractivity contribution in [3.05, 3.63) is 59.3 Å². The maximum absolute atomic E-state index is 12.7. The van der Waals surface area contributed by atoms with E-state index >= 15 is 0 Å². The second-order valence-corrected chi connectivity index (χ2v) is 7.12. The summed E-state index contributed by atoms with van der Waals surface area (Å²) in [5.74, 6) is 0.657. The molecule has 2 amide bonds. The van der Waals surface area contributed by atoms with Crippen molar-refractivity contribution in [2.45, 2.75) is 26.9 Å². The second kappa shape index (κ2) is 9.34. The number of hydrogen-bond acceptors (Lipinski definition) is 6. The first-order valence-electron chi connectivity index (χ1n) is 9.73. The van der Waals surface area contributed by atoms with Gasteiger partial charge in [0.25, 0.3) is 11.8 Å². The molecule has 2 aromatic carbocycles. The van der Waals surface area contributed by atoms with E-state index < -0.39 is 11.8 Å². The largest absolute Gasteiger partial charge is 0.497 e. The highest BCUT2D eigenvalue weighted by atomic mass is 16.5. The Balaban J connectivity index is 1.74. The molecule has 0 aliphatic heterocycles. The van der Waals surface area contributed by atoms with Crippen molar-refractivity contribution in [3.8, 4) is 17.2 Å². The number of aryl methyl sites for hydroxylation is 1. The third kappa shape index (κ3) is 5.03. The van der Waals surface area contributed by atoms with Crippen molar-refractivity contribution >= 4 is 22.7 Å². The van der Waals surface area contributed by atoms with Crippen molar-refractivity contribution in [1.82, 2.24) is 15.8 Å². The standard InChI is InChI=1S/C23H25N3O5/c1-13(2)31-20-9-6-15(12-21(20)30-5)22(27)25-26-23(28)18-11-16-10-17(29-4)7-8-19(16)24-14(18)3/h6-13H,1-5H3,(H,25,27)(H,26,28). The molecule has 0 atom stereocenters. The number of hydrazine groups is 1. The summed E-state index contributed by atoms with van der Waals surface area (Å²) in [6, 6.07) is 11.9. The number of ether oxygens (including phenoxy) is 3. The van der Waals surface area contributed by atoms with Crippen molar-refractivity contribution < 1.29 is 23.8 Å². The Morgan fingerprint density at radius 3 is 2.32 bits per heavy atom. The molecule has 0 saturated heterocycles. The lowest BCUT2D eigenvalue weighted by Gasteiger charge is -2.15. The summed E-state index contributed by atoms with van der Waals surface area (Å²) in [6.07, 6.45) is -0.0355. The Bertz CT molecular complexity index is 1130. The van der Waals surface area contributed by atoms with Crippen LogP contribution in [0.5, 0.6) is 17.2 Å². The highest BCUT2D eigenvalue weighted by molar-refractivity contribution is 6.01. The Morgan fingerprint density at radius 2 is 1.65 bits per heavy atom. The maximum atomic E-state index is 12.7. The number of methoxy groups -OCH3 is 2. The average molecular weight is 423 g/mol. The van der Waals surface area contributed by atoms with Crippen LogP contribution in [0.25, 0.3) is 10.9 Å². The van der Waals surface area contributed by atoms with Crippen LogP contribution in [0.3, 0.4) is 0 Å². The van der Waals surface area contributed by atoms with E-state index in [-0.39, 0.29) is 6.10 Å². The molecule has 3 aromatic rings. The molecule has 0 bridgehead atoms. The van der Waals surface area contributed by atoms with Crippen LogP contribution in [0.15, 0.2) is 42.5 Å². The molecule has 0 saturated carbocycles. The van der Waals surface area contributed by atoms with E-state index in [1.165, 1.54) is 7.11 Å². The van der Waals surface area contributed by atoms with Gasteiger partial charge in [-0.05, 0) is 63.2 Å². The number of fused-ring (bicyclic) bond motifs is 1. The molecule has 0 spiro atoms. The molecule has 0 unspecified atom stereocenters. The summed E-state index contributed by atoms with van der Waals surface area (Å²) in [5.41, 5.74) is 6.80. The Morgan fingerprint density at radius 1 is 0.903 bits per heavy atom. The van der Waals surface area contributed by atoms with Crippen molar-refractivity contribution in [2.75, 3.05) is 14.2 Å². The molecule has 0 aliphatic rings. The van der Waals surface area contributed by atoms with E-state index in [0.29, 0.717) is 34.1 Å². The van der Waals surface area contributed by atoms with Crippen LogP contribution in [-0.4, -0.2) is 37.1 Å². The summed E-state index contributed by atoms with van der Waals surface area (Å²) >= 11 is 0. The molecule has 2 N–H and O–H groups in total. The van der Waals surface area contributed by atoms with Gasteiger partial charge in [-0.2, -0.15) is 0 Å². The first-order chi connectivity index (χ1) is 14.8. The van der Waals surface area contributed by atoms with Crippen LogP contribution in [0, 0.1) is 6.92 Å². The van der Waals surface area contributed by atoms with E-state index in [1.54, 1.807) is 50.4 Å². The summed E-state index contributed by atoms with van der Waals surface area (Å²) in [4.78, 5) is 29.6. The minimum atomic E-state index is -0.490. The smallest absolute Gasteiger partial charge is 0.271 e. The van der Waals surface area contributed by atoms with Crippen LogP contribution in [0.2, 0.25) is 0 Å². The number of hydrogen-bond donors (Lipinski definition) is 2. The summed E-state index contributed by atoms with van der Waals surface area (Å²) in [6.45, 7) is 5.53. The number of carbonyl (C=O) groups excluding carboxylic acids is 2. The quantitative estimate of drug-likeness (QED) is 0.590. The minimum absolute atomic E-state index is 0.0355. The first kappa shape index (κ1) is 21.9. The van der Waals surface area contributed by atoms with Gasteiger partial charge in [0.2, 0.25) is 0 Å². The minimum Gasteiger partial charge on any atom is -0.497 e. The first-order valence-corrected chi connectivity index (χ1v) is 9.73. The van der Waals surface area contributed by atoms with E-state index in [0.717, 1.165) is 10.9 Å². The third-order valence-corrected chi connectivity index (χ3v) is 4.54. The van der Waals surface area contributed by atoms with Crippen LogP contribution in [-0.2, 0) is 0 Å². The number of carbonyl (C=O) groups is 2. The summed E-state index contributed by atoms with van der Waals surface area (Å²) in [5, 5.41) is 0.756. The maximum Gasteiger partial charge on any atom is 0.271 e. The highest BCUT2D eigenvalue weighted by Crippen LogP contribution is 2.29. The average Bonchev–Trinajstić information content (AvgIpc) is 2.76. The van der Waals surface area contributed by atoms with Gasteiger partial charge in [-0.25, -0.2) is 0 Å².